The Kier molecular flexibility index (Phi) is 3.62. The highest BCUT2D eigenvalue weighted by Crippen LogP contribution is 2.29. The Morgan fingerprint density at radius 1 is 1.53 bits per heavy atom. The lowest BCUT2D eigenvalue weighted by Crippen LogP contribution is -2.50. The number of hydrogen-bond donors (Lipinski definition) is 2. The highest BCUT2D eigenvalue weighted by Gasteiger charge is 2.31. The van der Waals surface area contributed by atoms with Gasteiger partial charge < -0.3 is 10.6 Å². The van der Waals surface area contributed by atoms with Gasteiger partial charge in [0, 0.05) is 12.6 Å². The van der Waals surface area contributed by atoms with Gasteiger partial charge in [0.05, 0.1) is 6.20 Å². The van der Waals surface area contributed by atoms with Crippen LogP contribution in [0.2, 0.25) is 0 Å². The molecule has 1 aromatic rings. The van der Waals surface area contributed by atoms with E-state index >= 15 is 0 Å². The van der Waals surface area contributed by atoms with Gasteiger partial charge in [0.15, 0.2) is 0 Å². The van der Waals surface area contributed by atoms with Crippen LogP contribution >= 0.6 is 0 Å². The van der Waals surface area contributed by atoms with Crippen molar-refractivity contribution in [2.24, 2.45) is 5.41 Å². The van der Waals surface area contributed by atoms with Crippen molar-refractivity contribution in [2.45, 2.75) is 32.7 Å². The monoisotopic (exact) mass is 237 g/mol. The van der Waals surface area contributed by atoms with Crippen LogP contribution < -0.4 is 10.6 Å². The minimum Gasteiger partial charge on any atom is -0.368 e. The summed E-state index contributed by atoms with van der Waals surface area (Å²) in [5.41, 5.74) is 0.297. The van der Waals surface area contributed by atoms with Crippen molar-refractivity contribution in [3.63, 3.8) is 0 Å². The number of hydrogen-bond acceptors (Lipinski definition) is 3. The molecule has 0 amide bonds. The fraction of sp³-hybridized carbons (Fsp3) is 0.615. The average molecular weight is 237 g/mol. The zero-order chi connectivity index (χ0) is 12.3. The van der Waals surface area contributed by atoms with Gasteiger partial charge in [-0.3, -0.25) is 0 Å². The lowest BCUT2D eigenvalue weighted by atomic mass is 9.77. The quantitative estimate of drug-likeness (QED) is 0.847. The smallest absolute Gasteiger partial charge is 0.141 e. The van der Waals surface area contributed by atoms with Crippen molar-refractivity contribution in [1.82, 2.24) is 10.3 Å². The third-order valence-corrected chi connectivity index (χ3v) is 3.55. The average Bonchev–Trinajstić information content (AvgIpc) is 2.29. The number of anilines is 1. The van der Waals surface area contributed by atoms with Gasteiger partial charge in [-0.25, -0.2) is 9.37 Å². The molecule has 4 heteroatoms. The fourth-order valence-corrected chi connectivity index (χ4v) is 2.31. The van der Waals surface area contributed by atoms with Crippen molar-refractivity contribution in [3.05, 3.63) is 24.1 Å². The molecule has 2 heterocycles. The van der Waals surface area contributed by atoms with Crippen LogP contribution in [0.3, 0.4) is 0 Å². The summed E-state index contributed by atoms with van der Waals surface area (Å²) >= 11 is 0. The first-order valence-corrected chi connectivity index (χ1v) is 6.17. The van der Waals surface area contributed by atoms with Crippen LogP contribution in [0.4, 0.5) is 10.2 Å². The summed E-state index contributed by atoms with van der Waals surface area (Å²) in [6, 6.07) is 3.53. The molecule has 17 heavy (non-hydrogen) atoms. The van der Waals surface area contributed by atoms with Gasteiger partial charge in [-0.1, -0.05) is 13.8 Å². The van der Waals surface area contributed by atoms with Crippen molar-refractivity contribution in [1.29, 1.82) is 0 Å². The molecule has 1 unspecified atom stereocenters. The molecule has 1 aliphatic heterocycles. The molecule has 0 bridgehead atoms. The Balaban J connectivity index is 1.91. The summed E-state index contributed by atoms with van der Waals surface area (Å²) in [5.74, 6) is 0.432. The predicted octanol–water partition coefficient (Wildman–Crippen LogP) is 2.41. The van der Waals surface area contributed by atoms with Crippen LogP contribution in [0.1, 0.15) is 26.7 Å². The number of nitrogens with one attached hydrogen (secondary N) is 2. The van der Waals surface area contributed by atoms with Gasteiger partial charge >= 0.3 is 0 Å². The van der Waals surface area contributed by atoms with Crippen LogP contribution in [0, 0.1) is 11.2 Å². The number of piperidine rings is 1. The summed E-state index contributed by atoms with van der Waals surface area (Å²) in [4.78, 5) is 4.00. The van der Waals surface area contributed by atoms with Gasteiger partial charge in [-0.15, -0.1) is 0 Å². The van der Waals surface area contributed by atoms with Gasteiger partial charge in [-0.05, 0) is 36.9 Å². The van der Waals surface area contributed by atoms with Crippen LogP contribution in [0.15, 0.2) is 18.3 Å². The maximum atomic E-state index is 12.7. The molecule has 0 radical (unpaired) electrons. The highest BCUT2D eigenvalue weighted by atomic mass is 19.1. The van der Waals surface area contributed by atoms with Crippen LogP contribution in [-0.2, 0) is 0 Å². The SMILES string of the molecule is CC1(C)CCCNC1CNc1ccc(F)cn1. The second-order valence-electron chi connectivity index (χ2n) is 5.34. The molecule has 1 aliphatic rings. The van der Waals surface area contributed by atoms with E-state index in [1.165, 1.54) is 25.1 Å². The summed E-state index contributed by atoms with van der Waals surface area (Å²) in [5, 5.41) is 6.78. The van der Waals surface area contributed by atoms with Crippen LogP contribution in [-0.4, -0.2) is 24.1 Å². The van der Waals surface area contributed by atoms with E-state index in [-0.39, 0.29) is 5.82 Å². The topological polar surface area (TPSA) is 37.0 Å². The first kappa shape index (κ1) is 12.3. The lowest BCUT2D eigenvalue weighted by molar-refractivity contribution is 0.188. The number of pyridine rings is 1. The number of nitrogens with zero attached hydrogens (tertiary/aromatic N) is 1. The Bertz CT molecular complexity index is 361. The van der Waals surface area contributed by atoms with E-state index in [4.69, 9.17) is 0 Å². The van der Waals surface area contributed by atoms with E-state index in [9.17, 15) is 4.39 Å². The normalized spacial score (nSPS) is 23.4. The zero-order valence-corrected chi connectivity index (χ0v) is 10.5. The van der Waals surface area contributed by atoms with Crippen molar-refractivity contribution >= 4 is 5.82 Å². The minimum absolute atomic E-state index is 0.297. The second kappa shape index (κ2) is 5.00. The first-order valence-electron chi connectivity index (χ1n) is 6.17. The summed E-state index contributed by atoms with van der Waals surface area (Å²) < 4.78 is 12.7. The van der Waals surface area contributed by atoms with Gasteiger partial charge in [0.2, 0.25) is 0 Å². The standard InChI is InChI=1S/C13H20FN3/c1-13(2)6-3-7-15-11(13)9-17-12-5-4-10(14)8-16-12/h4-5,8,11,15H,3,6-7,9H2,1-2H3,(H,16,17). The van der Waals surface area contributed by atoms with E-state index in [0.717, 1.165) is 18.9 Å². The maximum Gasteiger partial charge on any atom is 0.141 e. The molecular weight excluding hydrogens is 217 g/mol. The number of rotatable bonds is 3. The molecule has 3 nitrogen and oxygen atoms in total. The second-order valence-corrected chi connectivity index (χ2v) is 5.34. The Labute approximate surface area is 102 Å². The lowest BCUT2D eigenvalue weighted by Gasteiger charge is -2.39. The molecule has 1 fully saturated rings. The van der Waals surface area contributed by atoms with Crippen molar-refractivity contribution in [3.8, 4) is 0 Å². The summed E-state index contributed by atoms with van der Waals surface area (Å²) in [6.07, 6.45) is 3.71. The first-order chi connectivity index (χ1) is 8.08. The molecule has 2 rings (SSSR count). The molecule has 1 atom stereocenters. The van der Waals surface area contributed by atoms with Crippen molar-refractivity contribution < 1.29 is 4.39 Å². The molecule has 0 aliphatic carbocycles. The van der Waals surface area contributed by atoms with Crippen LogP contribution in [0.5, 0.6) is 0 Å². The Morgan fingerprint density at radius 2 is 2.35 bits per heavy atom. The number of aromatic nitrogens is 1. The number of halogens is 1. The zero-order valence-electron chi connectivity index (χ0n) is 10.5. The maximum absolute atomic E-state index is 12.7. The van der Waals surface area contributed by atoms with E-state index in [2.05, 4.69) is 29.5 Å². The third kappa shape index (κ3) is 3.16. The summed E-state index contributed by atoms with van der Waals surface area (Å²) in [6.45, 7) is 6.46. The van der Waals surface area contributed by atoms with Gasteiger partial charge in [0.25, 0.3) is 0 Å². The molecular formula is C13H20FN3. The minimum atomic E-state index is -0.299. The van der Waals surface area contributed by atoms with Crippen LogP contribution in [0.25, 0.3) is 0 Å². The fourth-order valence-electron chi connectivity index (χ4n) is 2.31. The Morgan fingerprint density at radius 3 is 3.00 bits per heavy atom. The Hall–Kier alpha value is -1.16. The molecule has 0 spiro atoms. The molecule has 0 aromatic carbocycles. The van der Waals surface area contributed by atoms with Gasteiger partial charge in [-0.2, -0.15) is 0 Å². The molecule has 2 N–H and O–H groups in total. The molecule has 1 saturated heterocycles. The van der Waals surface area contributed by atoms with E-state index in [0.29, 0.717) is 11.5 Å². The van der Waals surface area contributed by atoms with E-state index in [1.54, 1.807) is 6.07 Å². The van der Waals surface area contributed by atoms with Gasteiger partial charge in [0.1, 0.15) is 11.6 Å². The predicted molar refractivity (Wildman–Crippen MR) is 67.5 cm³/mol. The molecule has 0 saturated carbocycles. The third-order valence-electron chi connectivity index (χ3n) is 3.55. The highest BCUT2D eigenvalue weighted by molar-refractivity contribution is 5.33. The molecule has 1 aromatic heterocycles. The van der Waals surface area contributed by atoms with E-state index in [1.807, 2.05) is 0 Å². The summed E-state index contributed by atoms with van der Waals surface area (Å²) in [7, 11) is 0. The largest absolute Gasteiger partial charge is 0.368 e. The van der Waals surface area contributed by atoms with E-state index < -0.39 is 0 Å². The molecule has 94 valence electrons. The van der Waals surface area contributed by atoms with Crippen molar-refractivity contribution in [2.75, 3.05) is 18.4 Å².